The Morgan fingerprint density at radius 1 is 1.36 bits per heavy atom. The van der Waals surface area contributed by atoms with E-state index in [1.54, 1.807) is 0 Å². The summed E-state index contributed by atoms with van der Waals surface area (Å²) in [5.41, 5.74) is 0. The Morgan fingerprint density at radius 3 is 2.82 bits per heavy atom. The Labute approximate surface area is 69.8 Å². The lowest BCUT2D eigenvalue weighted by Crippen LogP contribution is -2.29. The van der Waals surface area contributed by atoms with E-state index >= 15 is 0 Å². The van der Waals surface area contributed by atoms with Gasteiger partial charge in [0, 0.05) is 18.6 Å². The summed E-state index contributed by atoms with van der Waals surface area (Å²) in [4.78, 5) is 2.73. The molecule has 3 atom stereocenters. The number of hydrogen-bond acceptors (Lipinski definition) is 1. The van der Waals surface area contributed by atoms with Crippen molar-refractivity contribution in [3.8, 4) is 0 Å². The molecule has 2 fully saturated rings. The zero-order chi connectivity index (χ0) is 7.84. The quantitative estimate of drug-likeness (QED) is 0.558. The van der Waals surface area contributed by atoms with Gasteiger partial charge >= 0.3 is 0 Å². The highest BCUT2D eigenvalue weighted by Crippen LogP contribution is 2.36. The molecule has 2 aliphatic heterocycles. The van der Waals surface area contributed by atoms with E-state index in [4.69, 9.17) is 0 Å². The molecular weight excluding hydrogens is 134 g/mol. The van der Waals surface area contributed by atoms with Gasteiger partial charge < -0.3 is 0 Å². The lowest BCUT2D eigenvalue weighted by molar-refractivity contribution is 0.252. The summed E-state index contributed by atoms with van der Waals surface area (Å²) in [7, 11) is 0. The second-order valence-corrected chi connectivity index (χ2v) is 4.29. The second-order valence-electron chi connectivity index (χ2n) is 4.29. The highest BCUT2D eigenvalue weighted by molar-refractivity contribution is 4.92. The molecule has 0 aromatic heterocycles. The summed E-state index contributed by atoms with van der Waals surface area (Å²) in [6.07, 6.45) is 5.79. The minimum absolute atomic E-state index is 0.886. The summed E-state index contributed by atoms with van der Waals surface area (Å²) in [5.74, 6) is 1.02. The molecular formula is C10H19N. The zero-order valence-corrected chi connectivity index (χ0v) is 7.71. The number of nitrogens with zero attached hydrogens (tertiary/aromatic N) is 1. The van der Waals surface area contributed by atoms with Crippen LogP contribution in [0.25, 0.3) is 0 Å². The molecule has 3 unspecified atom stereocenters. The van der Waals surface area contributed by atoms with Crippen molar-refractivity contribution >= 4 is 0 Å². The fourth-order valence-electron chi connectivity index (χ4n) is 2.76. The molecule has 0 radical (unpaired) electrons. The van der Waals surface area contributed by atoms with Crippen molar-refractivity contribution in [2.75, 3.05) is 6.54 Å². The van der Waals surface area contributed by atoms with Crippen LogP contribution in [0, 0.1) is 5.92 Å². The molecule has 1 heteroatoms. The van der Waals surface area contributed by atoms with Gasteiger partial charge in [0.2, 0.25) is 0 Å². The summed E-state index contributed by atoms with van der Waals surface area (Å²) in [6.45, 7) is 6.11. The third-order valence-corrected chi connectivity index (χ3v) is 3.60. The molecule has 64 valence electrons. The Balaban J connectivity index is 1.98. The Kier molecular flexibility index (Phi) is 1.92. The maximum atomic E-state index is 2.73. The van der Waals surface area contributed by atoms with E-state index in [1.165, 1.54) is 32.2 Å². The number of rotatable bonds is 1. The largest absolute Gasteiger partial charge is 0.297 e. The number of fused-ring (bicyclic) bond motifs is 1. The van der Waals surface area contributed by atoms with Crippen LogP contribution in [0.1, 0.15) is 39.5 Å². The topological polar surface area (TPSA) is 3.24 Å². The molecule has 0 amide bonds. The van der Waals surface area contributed by atoms with Crippen LogP contribution in [-0.2, 0) is 0 Å². The average molecular weight is 153 g/mol. The molecule has 0 aromatic rings. The third-order valence-electron chi connectivity index (χ3n) is 3.60. The van der Waals surface area contributed by atoms with E-state index in [9.17, 15) is 0 Å². The Morgan fingerprint density at radius 2 is 2.18 bits per heavy atom. The van der Waals surface area contributed by atoms with Crippen LogP contribution in [0.15, 0.2) is 0 Å². The standard InChI is InChI=1S/C10H19N/c1-3-9-6-10-5-4-8(2)11(10)7-9/h8-10H,3-7H2,1-2H3. The van der Waals surface area contributed by atoms with Gasteiger partial charge in [-0.2, -0.15) is 0 Å². The highest BCUT2D eigenvalue weighted by Gasteiger charge is 2.37. The molecule has 1 nitrogen and oxygen atoms in total. The summed E-state index contributed by atoms with van der Waals surface area (Å²) in [6, 6.07) is 1.85. The van der Waals surface area contributed by atoms with Gasteiger partial charge in [-0.1, -0.05) is 13.3 Å². The van der Waals surface area contributed by atoms with Crippen molar-refractivity contribution in [1.29, 1.82) is 0 Å². The van der Waals surface area contributed by atoms with E-state index in [2.05, 4.69) is 18.7 Å². The highest BCUT2D eigenvalue weighted by atomic mass is 15.2. The number of hydrogen-bond donors (Lipinski definition) is 0. The molecule has 2 heterocycles. The second kappa shape index (κ2) is 2.78. The maximum Gasteiger partial charge on any atom is 0.0102 e. The molecule has 2 rings (SSSR count). The van der Waals surface area contributed by atoms with E-state index in [0.717, 1.165) is 18.0 Å². The average Bonchev–Trinajstić information content (AvgIpc) is 2.53. The first-order valence-electron chi connectivity index (χ1n) is 5.07. The summed E-state index contributed by atoms with van der Waals surface area (Å²) < 4.78 is 0. The van der Waals surface area contributed by atoms with Gasteiger partial charge in [-0.25, -0.2) is 0 Å². The van der Waals surface area contributed by atoms with Crippen molar-refractivity contribution in [1.82, 2.24) is 4.90 Å². The summed E-state index contributed by atoms with van der Waals surface area (Å²) in [5, 5.41) is 0. The normalized spacial score (nSPS) is 44.7. The molecule has 0 aliphatic carbocycles. The van der Waals surface area contributed by atoms with Gasteiger partial charge in [0.1, 0.15) is 0 Å². The molecule has 0 aromatic carbocycles. The Hall–Kier alpha value is -0.0400. The van der Waals surface area contributed by atoms with Crippen molar-refractivity contribution in [2.45, 2.75) is 51.6 Å². The van der Waals surface area contributed by atoms with E-state index in [0.29, 0.717) is 0 Å². The molecule has 0 N–H and O–H groups in total. The van der Waals surface area contributed by atoms with Gasteiger partial charge in [0.15, 0.2) is 0 Å². The van der Waals surface area contributed by atoms with Gasteiger partial charge in [0.25, 0.3) is 0 Å². The van der Waals surface area contributed by atoms with Crippen LogP contribution >= 0.6 is 0 Å². The van der Waals surface area contributed by atoms with Crippen LogP contribution in [0.2, 0.25) is 0 Å². The molecule has 2 aliphatic rings. The molecule has 0 saturated carbocycles. The smallest absolute Gasteiger partial charge is 0.0102 e. The molecule has 0 bridgehead atoms. The van der Waals surface area contributed by atoms with Crippen LogP contribution in [0.3, 0.4) is 0 Å². The van der Waals surface area contributed by atoms with E-state index in [1.807, 2.05) is 0 Å². The Bertz CT molecular complexity index is 144. The van der Waals surface area contributed by atoms with E-state index in [-0.39, 0.29) is 0 Å². The predicted octanol–water partition coefficient (Wildman–Crippen LogP) is 2.27. The van der Waals surface area contributed by atoms with Crippen molar-refractivity contribution in [3.63, 3.8) is 0 Å². The molecule has 11 heavy (non-hydrogen) atoms. The third kappa shape index (κ3) is 1.20. The fraction of sp³-hybridized carbons (Fsp3) is 1.00. The predicted molar refractivity (Wildman–Crippen MR) is 47.6 cm³/mol. The minimum atomic E-state index is 0.886. The van der Waals surface area contributed by atoms with Crippen LogP contribution < -0.4 is 0 Å². The van der Waals surface area contributed by atoms with Crippen LogP contribution in [0.4, 0.5) is 0 Å². The van der Waals surface area contributed by atoms with Crippen molar-refractivity contribution in [2.24, 2.45) is 5.92 Å². The van der Waals surface area contributed by atoms with Gasteiger partial charge in [-0.05, 0) is 32.1 Å². The summed E-state index contributed by atoms with van der Waals surface area (Å²) >= 11 is 0. The van der Waals surface area contributed by atoms with Gasteiger partial charge in [0.05, 0.1) is 0 Å². The molecule has 0 spiro atoms. The maximum absolute atomic E-state index is 2.73. The lowest BCUT2D eigenvalue weighted by Gasteiger charge is -2.19. The van der Waals surface area contributed by atoms with Gasteiger partial charge in [-0.3, -0.25) is 4.90 Å². The van der Waals surface area contributed by atoms with Crippen LogP contribution in [-0.4, -0.2) is 23.5 Å². The minimum Gasteiger partial charge on any atom is -0.297 e. The first kappa shape index (κ1) is 7.60. The first-order chi connectivity index (χ1) is 5.31. The first-order valence-corrected chi connectivity index (χ1v) is 5.07. The molecule has 2 saturated heterocycles. The fourth-order valence-corrected chi connectivity index (χ4v) is 2.76. The van der Waals surface area contributed by atoms with Crippen molar-refractivity contribution in [3.05, 3.63) is 0 Å². The van der Waals surface area contributed by atoms with Gasteiger partial charge in [-0.15, -0.1) is 0 Å². The van der Waals surface area contributed by atoms with E-state index < -0.39 is 0 Å². The SMILES string of the molecule is CCC1CC2CCC(C)N2C1. The lowest BCUT2D eigenvalue weighted by atomic mass is 10.0. The monoisotopic (exact) mass is 153 g/mol. The zero-order valence-electron chi connectivity index (χ0n) is 7.71. The van der Waals surface area contributed by atoms with Crippen LogP contribution in [0.5, 0.6) is 0 Å². The van der Waals surface area contributed by atoms with Crippen molar-refractivity contribution < 1.29 is 0 Å².